The molecule has 0 spiro atoms. The third kappa shape index (κ3) is 3.33. The first kappa shape index (κ1) is 14.7. The molecule has 1 aromatic rings. The van der Waals surface area contributed by atoms with Crippen LogP contribution in [-0.4, -0.2) is 36.4 Å². The average Bonchev–Trinajstić information content (AvgIpc) is 2.93. The van der Waals surface area contributed by atoms with Gasteiger partial charge in [0.25, 0.3) is 0 Å². The van der Waals surface area contributed by atoms with Crippen LogP contribution in [0.5, 0.6) is 11.5 Å². The Morgan fingerprint density at radius 2 is 1.95 bits per heavy atom. The standard InChI is InChI=1S/C17H26N2O2/c1-17(2,3)19-9-7-14(8-10-19)18-11-13-5-4-6-15-16(13)21-12-20-15/h4-6,14,18H,7-12H2,1-3H3. The second-order valence-corrected chi connectivity index (χ2v) is 6.96. The van der Waals surface area contributed by atoms with Crippen LogP contribution in [0, 0.1) is 0 Å². The van der Waals surface area contributed by atoms with Crippen molar-refractivity contribution in [2.24, 2.45) is 0 Å². The van der Waals surface area contributed by atoms with E-state index in [1.807, 2.05) is 12.1 Å². The van der Waals surface area contributed by atoms with Gasteiger partial charge in [-0.2, -0.15) is 0 Å². The van der Waals surface area contributed by atoms with E-state index in [1.54, 1.807) is 0 Å². The Bertz CT molecular complexity index is 488. The van der Waals surface area contributed by atoms with E-state index in [-0.39, 0.29) is 5.54 Å². The van der Waals surface area contributed by atoms with Gasteiger partial charge in [-0.3, -0.25) is 4.90 Å². The number of rotatable bonds is 3. The summed E-state index contributed by atoms with van der Waals surface area (Å²) in [5, 5.41) is 3.68. The fourth-order valence-corrected chi connectivity index (χ4v) is 3.14. The zero-order valence-corrected chi connectivity index (χ0v) is 13.3. The summed E-state index contributed by atoms with van der Waals surface area (Å²) in [6.45, 7) is 10.4. The first-order valence-corrected chi connectivity index (χ1v) is 7.90. The van der Waals surface area contributed by atoms with Gasteiger partial charge in [-0.25, -0.2) is 0 Å². The molecule has 0 unspecified atom stereocenters. The van der Waals surface area contributed by atoms with Crippen molar-refractivity contribution in [1.82, 2.24) is 10.2 Å². The predicted molar refractivity (Wildman–Crippen MR) is 83.8 cm³/mol. The van der Waals surface area contributed by atoms with Crippen molar-refractivity contribution in [3.63, 3.8) is 0 Å². The zero-order valence-electron chi connectivity index (χ0n) is 13.3. The number of hydrogen-bond donors (Lipinski definition) is 1. The summed E-state index contributed by atoms with van der Waals surface area (Å²) in [6, 6.07) is 6.72. The van der Waals surface area contributed by atoms with Crippen molar-refractivity contribution in [3.8, 4) is 11.5 Å². The van der Waals surface area contributed by atoms with Crippen LogP contribution >= 0.6 is 0 Å². The van der Waals surface area contributed by atoms with Crippen LogP contribution in [0.25, 0.3) is 0 Å². The van der Waals surface area contributed by atoms with Crippen LogP contribution in [0.3, 0.4) is 0 Å². The van der Waals surface area contributed by atoms with Crippen molar-refractivity contribution in [2.75, 3.05) is 19.9 Å². The second-order valence-electron chi connectivity index (χ2n) is 6.96. The van der Waals surface area contributed by atoms with Gasteiger partial charge in [0.05, 0.1) is 0 Å². The van der Waals surface area contributed by atoms with E-state index in [1.165, 1.54) is 31.5 Å². The molecule has 1 saturated heterocycles. The summed E-state index contributed by atoms with van der Waals surface area (Å²) < 4.78 is 11.0. The largest absolute Gasteiger partial charge is 0.454 e. The zero-order chi connectivity index (χ0) is 14.9. The lowest BCUT2D eigenvalue weighted by Crippen LogP contribution is -2.49. The normalized spacial score (nSPS) is 20.0. The summed E-state index contributed by atoms with van der Waals surface area (Å²) in [6.07, 6.45) is 2.42. The maximum atomic E-state index is 5.56. The van der Waals surface area contributed by atoms with E-state index in [0.717, 1.165) is 18.0 Å². The molecule has 2 aliphatic heterocycles. The molecule has 1 fully saturated rings. The average molecular weight is 290 g/mol. The van der Waals surface area contributed by atoms with E-state index in [0.29, 0.717) is 12.8 Å². The number of fused-ring (bicyclic) bond motifs is 1. The predicted octanol–water partition coefficient (Wildman–Crippen LogP) is 2.77. The molecular formula is C17H26N2O2. The second kappa shape index (κ2) is 5.85. The van der Waals surface area contributed by atoms with E-state index >= 15 is 0 Å². The van der Waals surface area contributed by atoms with Gasteiger partial charge in [0.2, 0.25) is 6.79 Å². The Morgan fingerprint density at radius 1 is 1.19 bits per heavy atom. The molecule has 21 heavy (non-hydrogen) atoms. The molecule has 2 heterocycles. The van der Waals surface area contributed by atoms with Crippen LogP contribution in [0.2, 0.25) is 0 Å². The fourth-order valence-electron chi connectivity index (χ4n) is 3.14. The highest BCUT2D eigenvalue weighted by Crippen LogP contribution is 2.35. The van der Waals surface area contributed by atoms with Gasteiger partial charge in [0.15, 0.2) is 11.5 Å². The molecule has 0 aliphatic carbocycles. The molecule has 0 bridgehead atoms. The molecule has 4 heteroatoms. The Labute approximate surface area is 127 Å². The Morgan fingerprint density at radius 3 is 2.67 bits per heavy atom. The summed E-state index contributed by atoms with van der Waals surface area (Å²) >= 11 is 0. The maximum Gasteiger partial charge on any atom is 0.231 e. The lowest BCUT2D eigenvalue weighted by molar-refractivity contribution is 0.0959. The third-order valence-corrected chi connectivity index (χ3v) is 4.50. The van der Waals surface area contributed by atoms with Crippen molar-refractivity contribution in [3.05, 3.63) is 23.8 Å². The van der Waals surface area contributed by atoms with Crippen LogP contribution in [0.4, 0.5) is 0 Å². The molecule has 0 atom stereocenters. The van der Waals surface area contributed by atoms with Gasteiger partial charge >= 0.3 is 0 Å². The number of hydrogen-bond acceptors (Lipinski definition) is 4. The van der Waals surface area contributed by atoms with Gasteiger partial charge in [0.1, 0.15) is 0 Å². The molecular weight excluding hydrogens is 264 g/mol. The lowest BCUT2D eigenvalue weighted by Gasteiger charge is -2.41. The lowest BCUT2D eigenvalue weighted by atomic mass is 9.98. The van der Waals surface area contributed by atoms with Crippen molar-refractivity contribution in [1.29, 1.82) is 0 Å². The summed E-state index contributed by atoms with van der Waals surface area (Å²) in [7, 11) is 0. The number of nitrogens with zero attached hydrogens (tertiary/aromatic N) is 1. The van der Waals surface area contributed by atoms with Crippen molar-refractivity contribution in [2.45, 2.75) is 51.7 Å². The van der Waals surface area contributed by atoms with Crippen LogP contribution in [0.15, 0.2) is 18.2 Å². The Balaban J connectivity index is 1.52. The number of ether oxygens (including phenoxy) is 2. The number of para-hydroxylation sites is 1. The minimum Gasteiger partial charge on any atom is -0.454 e. The molecule has 0 radical (unpaired) electrons. The fraction of sp³-hybridized carbons (Fsp3) is 0.647. The van der Waals surface area contributed by atoms with Gasteiger partial charge < -0.3 is 14.8 Å². The molecule has 0 aromatic heterocycles. The van der Waals surface area contributed by atoms with E-state index < -0.39 is 0 Å². The molecule has 0 amide bonds. The minimum atomic E-state index is 0.288. The molecule has 116 valence electrons. The van der Waals surface area contributed by atoms with E-state index in [2.05, 4.69) is 37.1 Å². The summed E-state index contributed by atoms with van der Waals surface area (Å²) in [5.74, 6) is 1.79. The smallest absolute Gasteiger partial charge is 0.231 e. The maximum absolute atomic E-state index is 5.56. The summed E-state index contributed by atoms with van der Waals surface area (Å²) in [4.78, 5) is 2.57. The van der Waals surface area contributed by atoms with Crippen LogP contribution < -0.4 is 14.8 Å². The topological polar surface area (TPSA) is 33.7 Å². The van der Waals surface area contributed by atoms with Crippen LogP contribution in [-0.2, 0) is 6.54 Å². The first-order chi connectivity index (χ1) is 10.0. The minimum absolute atomic E-state index is 0.288. The van der Waals surface area contributed by atoms with Gasteiger partial charge in [-0.1, -0.05) is 12.1 Å². The Kier molecular flexibility index (Phi) is 4.09. The van der Waals surface area contributed by atoms with Gasteiger partial charge in [-0.15, -0.1) is 0 Å². The van der Waals surface area contributed by atoms with Crippen molar-refractivity contribution >= 4 is 0 Å². The highest BCUT2D eigenvalue weighted by Gasteiger charge is 2.27. The van der Waals surface area contributed by atoms with Crippen molar-refractivity contribution < 1.29 is 9.47 Å². The molecule has 3 rings (SSSR count). The van der Waals surface area contributed by atoms with E-state index in [4.69, 9.17) is 9.47 Å². The number of nitrogens with one attached hydrogen (secondary N) is 1. The quantitative estimate of drug-likeness (QED) is 0.928. The third-order valence-electron chi connectivity index (χ3n) is 4.50. The number of piperidine rings is 1. The number of likely N-dealkylation sites (tertiary alicyclic amines) is 1. The summed E-state index contributed by atoms with van der Waals surface area (Å²) in [5.41, 5.74) is 1.49. The van der Waals surface area contributed by atoms with Gasteiger partial charge in [-0.05, 0) is 39.7 Å². The highest BCUT2D eigenvalue weighted by molar-refractivity contribution is 5.48. The molecule has 2 aliphatic rings. The number of benzene rings is 1. The Hall–Kier alpha value is -1.26. The molecule has 1 N–H and O–H groups in total. The van der Waals surface area contributed by atoms with Gasteiger partial charge in [0, 0.05) is 36.8 Å². The first-order valence-electron chi connectivity index (χ1n) is 7.90. The highest BCUT2D eigenvalue weighted by atomic mass is 16.7. The van der Waals surface area contributed by atoms with E-state index in [9.17, 15) is 0 Å². The monoisotopic (exact) mass is 290 g/mol. The molecule has 1 aromatic carbocycles. The molecule has 4 nitrogen and oxygen atoms in total. The SMILES string of the molecule is CC(C)(C)N1CCC(NCc2cccc3c2OCO3)CC1. The van der Waals surface area contributed by atoms with Crippen LogP contribution in [0.1, 0.15) is 39.2 Å². The molecule has 0 saturated carbocycles.